The van der Waals surface area contributed by atoms with Crippen LogP contribution in [-0.4, -0.2) is 23.2 Å². The number of benzene rings is 2. The molecule has 0 aliphatic carbocycles. The number of aromatic amines is 1. The summed E-state index contributed by atoms with van der Waals surface area (Å²) in [5.41, 5.74) is 2.90. The van der Waals surface area contributed by atoms with E-state index < -0.39 is 6.09 Å². The van der Waals surface area contributed by atoms with Gasteiger partial charge in [-0.1, -0.05) is 30.0 Å². The maximum absolute atomic E-state index is 11.2. The second kappa shape index (κ2) is 6.11. The minimum atomic E-state index is -0.548. The largest absolute Gasteiger partial charge is 0.453 e. The number of aryl methyl sites for hydroxylation is 1. The monoisotopic (exact) mass is 313 g/mol. The molecule has 0 unspecified atom stereocenters. The van der Waals surface area contributed by atoms with Gasteiger partial charge in [0, 0.05) is 9.79 Å². The molecule has 2 N–H and O–H groups in total. The maximum atomic E-state index is 11.2. The zero-order valence-corrected chi connectivity index (χ0v) is 13.0. The highest BCUT2D eigenvalue weighted by atomic mass is 32.2. The SMILES string of the molecule is COC(=O)Nc1nc2ccc(Sc3ccccc3C)cc2[nH]1. The minimum absolute atomic E-state index is 0.375. The van der Waals surface area contributed by atoms with E-state index in [1.54, 1.807) is 11.8 Å². The Bertz CT molecular complexity index is 829. The summed E-state index contributed by atoms with van der Waals surface area (Å²) in [4.78, 5) is 20.9. The summed E-state index contributed by atoms with van der Waals surface area (Å²) in [6.45, 7) is 2.09. The van der Waals surface area contributed by atoms with Gasteiger partial charge in [-0.05, 0) is 36.8 Å². The molecule has 2 aromatic carbocycles. The number of nitrogens with one attached hydrogen (secondary N) is 2. The molecule has 1 amide bonds. The quantitative estimate of drug-likeness (QED) is 0.760. The normalized spacial score (nSPS) is 10.6. The van der Waals surface area contributed by atoms with Gasteiger partial charge in [0.2, 0.25) is 5.95 Å². The summed E-state index contributed by atoms with van der Waals surface area (Å²) in [6, 6.07) is 14.2. The van der Waals surface area contributed by atoms with E-state index in [-0.39, 0.29) is 0 Å². The number of nitrogens with zero attached hydrogens (tertiary/aromatic N) is 1. The molecule has 0 aliphatic rings. The van der Waals surface area contributed by atoms with Crippen molar-refractivity contribution in [1.82, 2.24) is 9.97 Å². The Hall–Kier alpha value is -2.47. The molecule has 112 valence electrons. The second-order valence-electron chi connectivity index (χ2n) is 4.75. The summed E-state index contributed by atoms with van der Waals surface area (Å²) in [7, 11) is 1.31. The van der Waals surface area contributed by atoms with Gasteiger partial charge in [0.25, 0.3) is 0 Å². The predicted octanol–water partition coefficient (Wildman–Crippen LogP) is 4.20. The lowest BCUT2D eigenvalue weighted by Crippen LogP contribution is -2.11. The molecule has 1 aromatic heterocycles. The number of anilines is 1. The number of aromatic nitrogens is 2. The van der Waals surface area contributed by atoms with Gasteiger partial charge in [0.15, 0.2) is 0 Å². The molecule has 22 heavy (non-hydrogen) atoms. The van der Waals surface area contributed by atoms with Crippen LogP contribution in [0.25, 0.3) is 11.0 Å². The van der Waals surface area contributed by atoms with E-state index in [1.165, 1.54) is 17.6 Å². The molecule has 1 heterocycles. The Morgan fingerprint density at radius 3 is 2.86 bits per heavy atom. The van der Waals surface area contributed by atoms with Gasteiger partial charge < -0.3 is 9.72 Å². The zero-order chi connectivity index (χ0) is 15.5. The topological polar surface area (TPSA) is 67.0 Å². The number of fused-ring (bicyclic) bond motifs is 1. The van der Waals surface area contributed by atoms with E-state index in [4.69, 9.17) is 0 Å². The van der Waals surface area contributed by atoms with Crippen LogP contribution >= 0.6 is 11.8 Å². The van der Waals surface area contributed by atoms with E-state index in [0.29, 0.717) is 5.95 Å². The van der Waals surface area contributed by atoms with Crippen molar-refractivity contribution in [3.63, 3.8) is 0 Å². The molecule has 0 bridgehead atoms. The highest BCUT2D eigenvalue weighted by molar-refractivity contribution is 7.99. The van der Waals surface area contributed by atoms with Gasteiger partial charge in [-0.3, -0.25) is 5.32 Å². The Morgan fingerprint density at radius 1 is 1.27 bits per heavy atom. The van der Waals surface area contributed by atoms with Crippen molar-refractivity contribution < 1.29 is 9.53 Å². The van der Waals surface area contributed by atoms with Gasteiger partial charge in [-0.25, -0.2) is 9.78 Å². The molecule has 5 nitrogen and oxygen atoms in total. The van der Waals surface area contributed by atoms with Crippen molar-refractivity contribution in [2.75, 3.05) is 12.4 Å². The lowest BCUT2D eigenvalue weighted by atomic mass is 10.2. The summed E-state index contributed by atoms with van der Waals surface area (Å²) in [5.74, 6) is 0.375. The molecule has 6 heteroatoms. The lowest BCUT2D eigenvalue weighted by Gasteiger charge is -2.04. The fraction of sp³-hybridized carbons (Fsp3) is 0.125. The van der Waals surface area contributed by atoms with Crippen LogP contribution < -0.4 is 5.32 Å². The molecular weight excluding hydrogens is 298 g/mol. The summed E-state index contributed by atoms with van der Waals surface area (Å²) >= 11 is 1.70. The standard InChI is InChI=1S/C16H15N3O2S/c1-10-5-3-4-6-14(10)22-11-7-8-12-13(9-11)18-15(17-12)19-16(20)21-2/h3-9H,1-2H3,(H2,17,18,19,20). The van der Waals surface area contributed by atoms with E-state index in [9.17, 15) is 4.79 Å². The zero-order valence-electron chi connectivity index (χ0n) is 12.2. The third-order valence-electron chi connectivity index (χ3n) is 3.18. The summed E-state index contributed by atoms with van der Waals surface area (Å²) in [6.07, 6.45) is -0.548. The number of hydrogen-bond donors (Lipinski definition) is 2. The van der Waals surface area contributed by atoms with Gasteiger partial charge in [-0.15, -0.1) is 0 Å². The second-order valence-corrected chi connectivity index (χ2v) is 5.86. The Morgan fingerprint density at radius 2 is 2.09 bits per heavy atom. The number of amides is 1. The first kappa shape index (κ1) is 14.5. The molecule has 0 aliphatic heterocycles. The van der Waals surface area contributed by atoms with Crippen molar-refractivity contribution in [3.05, 3.63) is 48.0 Å². The first-order chi connectivity index (χ1) is 10.7. The van der Waals surface area contributed by atoms with Crippen LogP contribution in [0.3, 0.4) is 0 Å². The van der Waals surface area contributed by atoms with Gasteiger partial charge in [0.1, 0.15) is 0 Å². The number of rotatable bonds is 3. The molecule has 0 saturated heterocycles. The van der Waals surface area contributed by atoms with Crippen LogP contribution in [0.15, 0.2) is 52.3 Å². The lowest BCUT2D eigenvalue weighted by molar-refractivity contribution is 0.186. The van der Waals surface area contributed by atoms with E-state index >= 15 is 0 Å². The van der Waals surface area contributed by atoms with Crippen molar-refractivity contribution in [1.29, 1.82) is 0 Å². The number of hydrogen-bond acceptors (Lipinski definition) is 4. The molecule has 3 rings (SSSR count). The Kier molecular flexibility index (Phi) is 4.02. The first-order valence-corrected chi connectivity index (χ1v) is 7.55. The molecule has 0 atom stereocenters. The number of methoxy groups -OCH3 is 1. The number of H-pyrrole nitrogens is 1. The smallest absolute Gasteiger partial charge is 0.413 e. The van der Waals surface area contributed by atoms with Crippen molar-refractivity contribution in [3.8, 4) is 0 Å². The molecule has 0 fully saturated rings. The van der Waals surface area contributed by atoms with Gasteiger partial charge in [-0.2, -0.15) is 0 Å². The van der Waals surface area contributed by atoms with E-state index in [1.807, 2.05) is 30.3 Å². The van der Waals surface area contributed by atoms with Gasteiger partial charge >= 0.3 is 6.09 Å². The van der Waals surface area contributed by atoms with Crippen molar-refractivity contribution in [2.24, 2.45) is 0 Å². The number of carbonyl (C=O) groups excluding carboxylic acids is 1. The number of imidazole rings is 1. The van der Waals surface area contributed by atoms with Crippen LogP contribution in [-0.2, 0) is 4.74 Å². The minimum Gasteiger partial charge on any atom is -0.453 e. The molecule has 0 spiro atoms. The highest BCUT2D eigenvalue weighted by Crippen LogP contribution is 2.31. The third kappa shape index (κ3) is 3.07. The van der Waals surface area contributed by atoms with E-state index in [0.717, 1.165) is 15.9 Å². The average molecular weight is 313 g/mol. The fourth-order valence-corrected chi connectivity index (χ4v) is 3.00. The summed E-state index contributed by atoms with van der Waals surface area (Å²) < 4.78 is 4.55. The first-order valence-electron chi connectivity index (χ1n) is 6.74. The predicted molar refractivity (Wildman–Crippen MR) is 87.4 cm³/mol. The van der Waals surface area contributed by atoms with Crippen molar-refractivity contribution >= 4 is 34.8 Å². The Labute approximate surface area is 132 Å². The molecule has 0 radical (unpaired) electrons. The number of carbonyl (C=O) groups is 1. The number of ether oxygens (including phenoxy) is 1. The van der Waals surface area contributed by atoms with Crippen molar-refractivity contribution in [2.45, 2.75) is 16.7 Å². The van der Waals surface area contributed by atoms with Crippen LogP contribution in [0.2, 0.25) is 0 Å². The molecular formula is C16H15N3O2S. The average Bonchev–Trinajstić information content (AvgIpc) is 2.91. The fourth-order valence-electron chi connectivity index (χ4n) is 2.06. The third-order valence-corrected chi connectivity index (χ3v) is 4.35. The van der Waals surface area contributed by atoms with Crippen LogP contribution in [0, 0.1) is 6.92 Å². The van der Waals surface area contributed by atoms with Crippen LogP contribution in [0.5, 0.6) is 0 Å². The Balaban J connectivity index is 1.86. The van der Waals surface area contributed by atoms with E-state index in [2.05, 4.69) is 39.1 Å². The maximum Gasteiger partial charge on any atom is 0.413 e. The van der Waals surface area contributed by atoms with Gasteiger partial charge in [0.05, 0.1) is 18.1 Å². The van der Waals surface area contributed by atoms with Crippen LogP contribution in [0.4, 0.5) is 10.7 Å². The summed E-state index contributed by atoms with van der Waals surface area (Å²) in [5, 5.41) is 2.52. The highest BCUT2D eigenvalue weighted by Gasteiger charge is 2.08. The van der Waals surface area contributed by atoms with Crippen LogP contribution in [0.1, 0.15) is 5.56 Å². The molecule has 3 aromatic rings. The molecule has 0 saturated carbocycles.